The van der Waals surface area contributed by atoms with Gasteiger partial charge in [-0.2, -0.15) is 0 Å². The van der Waals surface area contributed by atoms with Crippen LogP contribution in [0.2, 0.25) is 0 Å². The summed E-state index contributed by atoms with van der Waals surface area (Å²) in [5.41, 5.74) is 0.921. The molecule has 160 valence electrons. The fourth-order valence-corrected chi connectivity index (χ4v) is 3.37. The molecule has 1 unspecified atom stereocenters. The predicted octanol–water partition coefficient (Wildman–Crippen LogP) is 3.59. The third kappa shape index (κ3) is 5.95. The molecular weight excluding hydrogens is 372 g/mol. The molecule has 0 fully saturated rings. The Hall–Kier alpha value is -2.57. The van der Waals surface area contributed by atoms with Crippen molar-refractivity contribution in [2.75, 3.05) is 11.5 Å². The fraction of sp³-hybridized carbons (Fsp3) is 0.591. The third-order valence-electron chi connectivity index (χ3n) is 4.61. The molecule has 1 aromatic carbocycles. The second-order valence-electron chi connectivity index (χ2n) is 8.15. The zero-order valence-electron chi connectivity index (χ0n) is 18.0. The van der Waals surface area contributed by atoms with Gasteiger partial charge in [0.1, 0.15) is 17.7 Å². The van der Waals surface area contributed by atoms with Gasteiger partial charge in [0.25, 0.3) is 5.91 Å². The molecule has 0 saturated carbocycles. The van der Waals surface area contributed by atoms with E-state index in [0.29, 0.717) is 18.5 Å². The van der Waals surface area contributed by atoms with Crippen molar-refractivity contribution in [3.05, 3.63) is 29.8 Å². The molecular formula is C22H32N2O5. The number of esters is 1. The molecule has 0 bridgehead atoms. The van der Waals surface area contributed by atoms with E-state index >= 15 is 0 Å². The van der Waals surface area contributed by atoms with Gasteiger partial charge in [-0.05, 0) is 45.7 Å². The number of nitrogens with one attached hydrogen (secondary N) is 1. The summed E-state index contributed by atoms with van der Waals surface area (Å²) in [4.78, 5) is 39.8. The van der Waals surface area contributed by atoms with Crippen LogP contribution in [0.4, 0.5) is 10.5 Å². The Balaban J connectivity index is 2.30. The van der Waals surface area contributed by atoms with E-state index in [-0.39, 0.29) is 12.5 Å². The van der Waals surface area contributed by atoms with Crippen LogP contribution in [0.15, 0.2) is 24.3 Å². The Morgan fingerprint density at radius 3 is 2.52 bits per heavy atom. The van der Waals surface area contributed by atoms with Crippen molar-refractivity contribution < 1.29 is 23.9 Å². The van der Waals surface area contributed by atoms with Crippen molar-refractivity contribution in [3.63, 3.8) is 0 Å². The fourth-order valence-electron chi connectivity index (χ4n) is 3.37. The molecule has 0 aromatic heterocycles. The molecule has 0 saturated heterocycles. The molecule has 2 rings (SSSR count). The number of carbonyl (C=O) groups excluding carboxylic acids is 3. The highest BCUT2D eigenvalue weighted by Gasteiger charge is 2.42. The number of anilines is 1. The summed E-state index contributed by atoms with van der Waals surface area (Å²) in [6, 6.07) is 5.91. The van der Waals surface area contributed by atoms with Crippen LogP contribution in [-0.2, 0) is 25.5 Å². The van der Waals surface area contributed by atoms with E-state index < -0.39 is 29.7 Å². The molecule has 29 heavy (non-hydrogen) atoms. The number of rotatable bonds is 7. The van der Waals surface area contributed by atoms with Crippen LogP contribution in [0, 0.1) is 0 Å². The molecule has 1 aliphatic heterocycles. The molecule has 0 aliphatic carbocycles. The van der Waals surface area contributed by atoms with Crippen LogP contribution in [0.25, 0.3) is 0 Å². The van der Waals surface area contributed by atoms with Gasteiger partial charge in [0, 0.05) is 12.1 Å². The number of hydrogen-bond donors (Lipinski definition) is 1. The number of nitrogens with zero attached hydrogens (tertiary/aromatic N) is 1. The lowest BCUT2D eigenvalue weighted by molar-refractivity contribution is -0.145. The molecule has 1 heterocycles. The molecule has 7 heteroatoms. The zero-order valence-corrected chi connectivity index (χ0v) is 18.0. The van der Waals surface area contributed by atoms with Crippen molar-refractivity contribution >= 4 is 23.7 Å². The number of hydrogen-bond acceptors (Lipinski definition) is 5. The van der Waals surface area contributed by atoms with Gasteiger partial charge in [0.15, 0.2) is 0 Å². The minimum Gasteiger partial charge on any atom is -0.464 e. The number of carbonyl (C=O) groups is 3. The average Bonchev–Trinajstić information content (AvgIpc) is 3.03. The second kappa shape index (κ2) is 9.76. The summed E-state index contributed by atoms with van der Waals surface area (Å²) in [6.07, 6.45) is 1.84. The first kappa shape index (κ1) is 22.7. The van der Waals surface area contributed by atoms with Crippen molar-refractivity contribution in [3.8, 4) is 0 Å². The van der Waals surface area contributed by atoms with Gasteiger partial charge < -0.3 is 14.8 Å². The minimum atomic E-state index is -0.784. The van der Waals surface area contributed by atoms with Crippen molar-refractivity contribution in [1.82, 2.24) is 5.32 Å². The summed E-state index contributed by atoms with van der Waals surface area (Å²) >= 11 is 0. The smallest absolute Gasteiger partial charge is 0.408 e. The molecule has 7 nitrogen and oxygen atoms in total. The highest BCUT2D eigenvalue weighted by Crippen LogP contribution is 2.33. The topological polar surface area (TPSA) is 84.9 Å². The Morgan fingerprint density at radius 1 is 1.21 bits per heavy atom. The third-order valence-corrected chi connectivity index (χ3v) is 4.61. The van der Waals surface area contributed by atoms with E-state index in [1.165, 1.54) is 4.90 Å². The standard InChI is InChI=1S/C22H32N2O5/c1-6-8-12-16(23-21(27)29-22(3,4)5)19(25)24-17-13-10-9-11-15(17)14-18(24)20(26)28-7-2/h9-11,13,16,18H,6-8,12,14H2,1-5H3,(H,23,27)/t16-,18?/m0/s1. The first-order valence-electron chi connectivity index (χ1n) is 10.2. The summed E-state index contributed by atoms with van der Waals surface area (Å²) in [5.74, 6) is -0.768. The lowest BCUT2D eigenvalue weighted by atomic mass is 10.1. The van der Waals surface area contributed by atoms with Gasteiger partial charge in [-0.25, -0.2) is 9.59 Å². The van der Waals surface area contributed by atoms with Crippen molar-refractivity contribution in [1.29, 1.82) is 0 Å². The Bertz CT molecular complexity index is 741. The number of unbranched alkanes of at least 4 members (excludes halogenated alkanes) is 1. The Kier molecular flexibility index (Phi) is 7.65. The van der Waals surface area contributed by atoms with E-state index in [4.69, 9.17) is 9.47 Å². The van der Waals surface area contributed by atoms with Gasteiger partial charge in [0.2, 0.25) is 0 Å². The van der Waals surface area contributed by atoms with Gasteiger partial charge in [-0.1, -0.05) is 38.0 Å². The number of alkyl carbamates (subject to hydrolysis) is 1. The van der Waals surface area contributed by atoms with Crippen LogP contribution in [0.3, 0.4) is 0 Å². The van der Waals surface area contributed by atoms with E-state index in [1.807, 2.05) is 31.2 Å². The van der Waals surface area contributed by atoms with E-state index in [9.17, 15) is 14.4 Å². The summed E-state index contributed by atoms with van der Waals surface area (Å²) in [7, 11) is 0. The van der Waals surface area contributed by atoms with E-state index in [0.717, 1.165) is 18.4 Å². The SMILES string of the molecule is CCCC[C@H](NC(=O)OC(C)(C)C)C(=O)N1c2ccccc2CC1C(=O)OCC. The van der Waals surface area contributed by atoms with Gasteiger partial charge in [-0.15, -0.1) is 0 Å². The summed E-state index contributed by atoms with van der Waals surface area (Å²) < 4.78 is 10.5. The largest absolute Gasteiger partial charge is 0.464 e. The number of ether oxygens (including phenoxy) is 2. The molecule has 2 amide bonds. The molecule has 0 radical (unpaired) electrons. The molecule has 1 N–H and O–H groups in total. The number of para-hydroxylation sites is 1. The van der Waals surface area contributed by atoms with Gasteiger partial charge in [-0.3, -0.25) is 9.69 Å². The molecule has 0 spiro atoms. The predicted molar refractivity (Wildman–Crippen MR) is 111 cm³/mol. The quantitative estimate of drug-likeness (QED) is 0.702. The van der Waals surface area contributed by atoms with E-state index in [1.54, 1.807) is 27.7 Å². The average molecular weight is 405 g/mol. The van der Waals surface area contributed by atoms with Gasteiger partial charge in [0.05, 0.1) is 6.61 Å². The maximum absolute atomic E-state index is 13.5. The molecule has 2 atom stereocenters. The summed E-state index contributed by atoms with van der Waals surface area (Å²) in [5, 5.41) is 2.70. The lowest BCUT2D eigenvalue weighted by Crippen LogP contribution is -2.53. The highest BCUT2D eigenvalue weighted by molar-refractivity contribution is 6.05. The maximum atomic E-state index is 13.5. The van der Waals surface area contributed by atoms with Crippen LogP contribution < -0.4 is 10.2 Å². The summed E-state index contributed by atoms with van der Waals surface area (Å²) in [6.45, 7) is 9.29. The number of benzene rings is 1. The Labute approximate surface area is 172 Å². The Morgan fingerprint density at radius 2 is 1.90 bits per heavy atom. The number of amides is 2. The first-order valence-corrected chi connectivity index (χ1v) is 10.2. The van der Waals surface area contributed by atoms with Crippen LogP contribution in [0.5, 0.6) is 0 Å². The monoisotopic (exact) mass is 404 g/mol. The van der Waals surface area contributed by atoms with Gasteiger partial charge >= 0.3 is 12.1 Å². The zero-order chi connectivity index (χ0) is 21.6. The maximum Gasteiger partial charge on any atom is 0.408 e. The van der Waals surface area contributed by atoms with Crippen molar-refractivity contribution in [2.24, 2.45) is 0 Å². The number of fused-ring (bicyclic) bond motifs is 1. The normalized spacial score (nSPS) is 16.7. The minimum absolute atomic E-state index is 0.239. The lowest BCUT2D eigenvalue weighted by Gasteiger charge is -2.29. The van der Waals surface area contributed by atoms with E-state index in [2.05, 4.69) is 5.32 Å². The van der Waals surface area contributed by atoms with Crippen molar-refractivity contribution in [2.45, 2.75) is 78.0 Å². The second-order valence-corrected chi connectivity index (χ2v) is 8.15. The molecule has 1 aromatic rings. The van der Waals surface area contributed by atoms with Crippen LogP contribution in [-0.4, -0.2) is 42.3 Å². The van der Waals surface area contributed by atoms with Crippen LogP contribution >= 0.6 is 0 Å². The first-order chi connectivity index (χ1) is 13.7. The highest BCUT2D eigenvalue weighted by atomic mass is 16.6. The molecule has 1 aliphatic rings. The van der Waals surface area contributed by atoms with Crippen LogP contribution in [0.1, 0.15) is 59.4 Å².